The van der Waals surface area contributed by atoms with Crippen molar-refractivity contribution < 1.29 is 14.8 Å². The van der Waals surface area contributed by atoms with Crippen molar-refractivity contribution in [3.63, 3.8) is 0 Å². The van der Waals surface area contributed by atoms with Gasteiger partial charge in [-0.25, -0.2) is 4.79 Å². The number of nitro benzene ring substituents is 1. The molecule has 0 radical (unpaired) electrons. The molecule has 2 fully saturated rings. The Morgan fingerprint density at radius 3 is 2.44 bits per heavy atom. The lowest BCUT2D eigenvalue weighted by atomic mass is 9.75. The van der Waals surface area contributed by atoms with Crippen LogP contribution in [0.2, 0.25) is 0 Å². The lowest BCUT2D eigenvalue weighted by Gasteiger charge is -2.40. The topological polar surface area (TPSA) is 98.9 Å². The van der Waals surface area contributed by atoms with Crippen molar-refractivity contribution in [1.29, 1.82) is 0 Å². The summed E-state index contributed by atoms with van der Waals surface area (Å²) in [5.74, 6) is -0.444. The van der Waals surface area contributed by atoms with Crippen LogP contribution < -0.4 is 5.32 Å². The number of rotatable bonds is 7. The number of para-hydroxylation sites is 1. The summed E-state index contributed by atoms with van der Waals surface area (Å²) in [5, 5.41) is 31.3. The number of hydrazine groups is 1. The van der Waals surface area contributed by atoms with E-state index in [9.17, 15) is 20.0 Å². The van der Waals surface area contributed by atoms with E-state index in [2.05, 4.69) is 29.3 Å². The number of benzene rings is 1. The van der Waals surface area contributed by atoms with Crippen molar-refractivity contribution in [3.8, 4) is 0 Å². The summed E-state index contributed by atoms with van der Waals surface area (Å²) >= 11 is 2.02. The molecule has 2 saturated carbocycles. The number of thioether (sulfide) groups is 1. The van der Waals surface area contributed by atoms with E-state index in [4.69, 9.17) is 0 Å². The molecule has 2 N–H and O–H groups in total. The average Bonchev–Trinajstić information content (AvgIpc) is 3.60. The Kier molecular flexibility index (Phi) is 7.05. The normalized spacial score (nSPS) is 26.5. The maximum absolute atomic E-state index is 12.7. The minimum atomic E-state index is -1.03. The molecule has 0 bridgehead atoms. The van der Waals surface area contributed by atoms with E-state index in [1.165, 1.54) is 31.7 Å². The maximum Gasteiger partial charge on any atom is 0.334 e. The molecule has 5 rings (SSSR count). The number of dihydropyridines is 1. The molecule has 0 aromatic heterocycles. The fourth-order valence-electron chi connectivity index (χ4n) is 6.93. The van der Waals surface area contributed by atoms with Crippen molar-refractivity contribution in [2.45, 2.75) is 87.8 Å². The summed E-state index contributed by atoms with van der Waals surface area (Å²) in [6.45, 7) is 4.03. The number of nitro groups is 1. The van der Waals surface area contributed by atoms with Gasteiger partial charge in [0.25, 0.3) is 5.69 Å². The second-order valence-electron chi connectivity index (χ2n) is 10.6. The maximum atomic E-state index is 12.7. The van der Waals surface area contributed by atoms with Gasteiger partial charge < -0.3 is 10.4 Å². The largest absolute Gasteiger partial charge is 0.478 e. The third kappa shape index (κ3) is 4.30. The van der Waals surface area contributed by atoms with E-state index in [1.54, 1.807) is 25.1 Å². The zero-order valence-corrected chi connectivity index (χ0v) is 22.1. The van der Waals surface area contributed by atoms with Gasteiger partial charge in [-0.05, 0) is 45.4 Å². The first-order chi connectivity index (χ1) is 17.3. The van der Waals surface area contributed by atoms with Gasteiger partial charge in [-0.3, -0.25) is 15.1 Å². The highest BCUT2D eigenvalue weighted by Crippen LogP contribution is 2.52. The highest BCUT2D eigenvalue weighted by Gasteiger charge is 2.51. The summed E-state index contributed by atoms with van der Waals surface area (Å²) in [7, 11) is 2.05. The Morgan fingerprint density at radius 2 is 1.81 bits per heavy atom. The zero-order chi connectivity index (χ0) is 25.6. The Morgan fingerprint density at radius 1 is 1.17 bits per heavy atom. The Balaban J connectivity index is 1.64. The van der Waals surface area contributed by atoms with Crippen LogP contribution in [0.4, 0.5) is 5.69 Å². The SMILES string of the molecule is CC1=C(C(=O)O)C(c2ccccc2[N+](=O)[O-])C2=C(N1)N(C)N(C(C)SC1CCCC1)C2C1CCCC1. The van der Waals surface area contributed by atoms with Crippen LogP contribution in [0, 0.1) is 16.0 Å². The van der Waals surface area contributed by atoms with Crippen LogP contribution in [0.1, 0.15) is 76.7 Å². The lowest BCUT2D eigenvalue weighted by molar-refractivity contribution is -0.385. The molecule has 36 heavy (non-hydrogen) atoms. The van der Waals surface area contributed by atoms with E-state index in [0.717, 1.165) is 37.1 Å². The standard InChI is InChI=1S/C27H36N4O4S/c1-16-22(27(32)33)23(20-14-8-9-15-21(20)31(34)35)24-25(18-10-4-5-11-18)30(29(3)26(24)28-16)17(2)36-19-12-6-7-13-19/h8-9,14-15,17-19,23,25,28H,4-7,10-13H2,1-3H3,(H,32,33). The van der Waals surface area contributed by atoms with Gasteiger partial charge in [0.1, 0.15) is 5.82 Å². The van der Waals surface area contributed by atoms with Crippen LogP contribution in [-0.4, -0.2) is 49.7 Å². The summed E-state index contributed by atoms with van der Waals surface area (Å²) in [6.07, 6.45) is 9.55. The van der Waals surface area contributed by atoms with Crippen molar-refractivity contribution in [2.24, 2.45) is 5.92 Å². The van der Waals surface area contributed by atoms with Gasteiger partial charge in [-0.1, -0.05) is 43.9 Å². The molecule has 0 spiro atoms. The molecule has 2 heterocycles. The monoisotopic (exact) mass is 512 g/mol. The van der Waals surface area contributed by atoms with Crippen molar-refractivity contribution in [1.82, 2.24) is 15.3 Å². The number of carboxylic acids is 1. The molecule has 194 valence electrons. The number of carbonyl (C=O) groups is 1. The van der Waals surface area contributed by atoms with Crippen LogP contribution >= 0.6 is 11.8 Å². The van der Waals surface area contributed by atoms with Crippen LogP contribution in [0.25, 0.3) is 0 Å². The lowest BCUT2D eigenvalue weighted by Crippen LogP contribution is -2.49. The number of allylic oxidation sites excluding steroid dienone is 1. The van der Waals surface area contributed by atoms with Gasteiger partial charge in [0.05, 0.1) is 27.8 Å². The van der Waals surface area contributed by atoms with Gasteiger partial charge in [-0.15, -0.1) is 11.8 Å². The molecule has 1 aromatic carbocycles. The van der Waals surface area contributed by atoms with Crippen molar-refractivity contribution in [2.75, 3.05) is 7.05 Å². The smallest absolute Gasteiger partial charge is 0.334 e. The van der Waals surface area contributed by atoms with E-state index in [-0.39, 0.29) is 27.6 Å². The summed E-state index contributed by atoms with van der Waals surface area (Å²) in [6, 6.07) is 6.65. The van der Waals surface area contributed by atoms with Gasteiger partial charge in [0.2, 0.25) is 0 Å². The van der Waals surface area contributed by atoms with Gasteiger partial charge in [-0.2, -0.15) is 5.01 Å². The highest BCUT2D eigenvalue weighted by molar-refractivity contribution is 8.00. The molecular weight excluding hydrogens is 476 g/mol. The Hall–Kier alpha value is -2.52. The number of nitrogens with one attached hydrogen (secondary N) is 1. The van der Waals surface area contributed by atoms with Crippen LogP contribution in [0.5, 0.6) is 0 Å². The minimum Gasteiger partial charge on any atom is -0.478 e. The fraction of sp³-hybridized carbons (Fsp3) is 0.593. The Bertz CT molecular complexity index is 1110. The quantitative estimate of drug-likeness (QED) is 0.360. The van der Waals surface area contributed by atoms with Gasteiger partial charge >= 0.3 is 5.97 Å². The molecule has 1 aromatic rings. The summed E-state index contributed by atoms with van der Waals surface area (Å²) in [4.78, 5) is 24.3. The Labute approximate surface area is 216 Å². The van der Waals surface area contributed by atoms with Crippen LogP contribution in [-0.2, 0) is 4.79 Å². The van der Waals surface area contributed by atoms with Gasteiger partial charge in [0.15, 0.2) is 0 Å². The second kappa shape index (κ2) is 10.1. The number of nitrogens with zero attached hydrogens (tertiary/aromatic N) is 3. The number of aliphatic carboxylic acids is 1. The predicted octanol–water partition coefficient (Wildman–Crippen LogP) is 5.59. The minimum absolute atomic E-state index is 0.00355. The first kappa shape index (κ1) is 25.1. The summed E-state index contributed by atoms with van der Waals surface area (Å²) < 4.78 is 0. The predicted molar refractivity (Wildman–Crippen MR) is 141 cm³/mol. The molecule has 3 unspecified atom stereocenters. The molecule has 2 aliphatic carbocycles. The number of carboxylic acid groups (broad SMARTS) is 1. The first-order valence-corrected chi connectivity index (χ1v) is 14.1. The molecule has 0 amide bonds. The fourth-order valence-corrected chi connectivity index (χ4v) is 8.49. The zero-order valence-electron chi connectivity index (χ0n) is 21.3. The average molecular weight is 513 g/mol. The molecule has 3 atom stereocenters. The molecule has 8 nitrogen and oxygen atoms in total. The van der Waals surface area contributed by atoms with Gasteiger partial charge in [0, 0.05) is 35.2 Å². The van der Waals surface area contributed by atoms with E-state index in [0.29, 0.717) is 22.4 Å². The first-order valence-electron chi connectivity index (χ1n) is 13.2. The van der Waals surface area contributed by atoms with Crippen molar-refractivity contribution >= 4 is 23.4 Å². The number of hydrogen-bond donors (Lipinski definition) is 2. The van der Waals surface area contributed by atoms with Crippen LogP contribution in [0.15, 0.2) is 46.9 Å². The molecule has 9 heteroatoms. The molecular formula is C27H36N4O4S. The number of hydrogen-bond acceptors (Lipinski definition) is 7. The third-order valence-corrected chi connectivity index (χ3v) is 9.91. The van der Waals surface area contributed by atoms with Crippen LogP contribution in [0.3, 0.4) is 0 Å². The molecule has 2 aliphatic heterocycles. The van der Waals surface area contributed by atoms with Crippen molar-refractivity contribution in [3.05, 3.63) is 62.6 Å². The van der Waals surface area contributed by atoms with E-state index < -0.39 is 11.9 Å². The second-order valence-corrected chi connectivity index (χ2v) is 12.2. The molecule has 4 aliphatic rings. The molecule has 0 saturated heterocycles. The third-order valence-electron chi connectivity index (χ3n) is 8.44. The highest BCUT2D eigenvalue weighted by atomic mass is 32.2. The van der Waals surface area contributed by atoms with E-state index >= 15 is 0 Å². The summed E-state index contributed by atoms with van der Waals surface area (Å²) in [5.41, 5.74) is 2.15. The van der Waals surface area contributed by atoms with E-state index in [1.807, 2.05) is 11.8 Å².